The van der Waals surface area contributed by atoms with Gasteiger partial charge < -0.3 is 5.73 Å². The summed E-state index contributed by atoms with van der Waals surface area (Å²) >= 11 is 1.66. The highest BCUT2D eigenvalue weighted by Gasteiger charge is 2.28. The van der Waals surface area contributed by atoms with Crippen molar-refractivity contribution in [1.82, 2.24) is 4.98 Å². The van der Waals surface area contributed by atoms with E-state index in [4.69, 9.17) is 5.73 Å². The first-order chi connectivity index (χ1) is 8.15. The van der Waals surface area contributed by atoms with Crippen LogP contribution < -0.4 is 5.73 Å². The lowest BCUT2D eigenvalue weighted by Gasteiger charge is -2.13. The number of aryl methyl sites for hydroxylation is 3. The van der Waals surface area contributed by atoms with E-state index >= 15 is 0 Å². The van der Waals surface area contributed by atoms with Crippen LogP contribution in [0.2, 0.25) is 0 Å². The second-order valence-electron chi connectivity index (χ2n) is 4.81. The van der Waals surface area contributed by atoms with Gasteiger partial charge >= 0.3 is 0 Å². The smallest absolute Gasteiger partial charge is 0.180 e. The molecule has 1 aromatic heterocycles. The third-order valence-corrected chi connectivity index (χ3v) is 4.57. The molecule has 1 aromatic carbocycles. The molecule has 0 aliphatic heterocycles. The van der Waals surface area contributed by atoms with Crippen LogP contribution in [-0.2, 0) is 6.42 Å². The van der Waals surface area contributed by atoms with Gasteiger partial charge in [0.15, 0.2) is 5.13 Å². The number of aromatic nitrogens is 1. The first kappa shape index (κ1) is 10.8. The number of benzene rings is 1. The Labute approximate surface area is 106 Å². The molecule has 3 rings (SSSR count). The van der Waals surface area contributed by atoms with Gasteiger partial charge in [0.25, 0.3) is 0 Å². The van der Waals surface area contributed by atoms with Crippen LogP contribution in [0, 0.1) is 13.8 Å². The summed E-state index contributed by atoms with van der Waals surface area (Å²) in [6.07, 6.45) is 2.25. The zero-order valence-electron chi connectivity index (χ0n) is 10.2. The van der Waals surface area contributed by atoms with Crippen LogP contribution in [-0.4, -0.2) is 4.98 Å². The fraction of sp³-hybridized carbons (Fsp3) is 0.357. The molecule has 0 saturated heterocycles. The highest BCUT2D eigenvalue weighted by molar-refractivity contribution is 7.15. The zero-order valence-corrected chi connectivity index (χ0v) is 11.0. The Balaban J connectivity index is 2.06. The van der Waals surface area contributed by atoms with Crippen LogP contribution in [0.1, 0.15) is 39.6 Å². The van der Waals surface area contributed by atoms with Crippen molar-refractivity contribution in [2.75, 3.05) is 5.73 Å². The number of nitrogens with two attached hydrogens (primary N) is 1. The summed E-state index contributed by atoms with van der Waals surface area (Å²) in [6, 6.07) is 6.72. The molecule has 0 bridgehead atoms. The third-order valence-electron chi connectivity index (χ3n) is 3.53. The van der Waals surface area contributed by atoms with Crippen LogP contribution >= 0.6 is 11.3 Å². The van der Waals surface area contributed by atoms with Gasteiger partial charge in [-0.05, 0) is 37.8 Å². The van der Waals surface area contributed by atoms with E-state index in [1.807, 2.05) is 0 Å². The molecule has 0 radical (unpaired) electrons. The maximum atomic E-state index is 5.80. The SMILES string of the molecule is Cc1ccc(C2CCc3nc(N)sc32)c(C)c1. The topological polar surface area (TPSA) is 38.9 Å². The van der Waals surface area contributed by atoms with E-state index in [0.29, 0.717) is 11.0 Å². The van der Waals surface area contributed by atoms with Gasteiger partial charge in [0.2, 0.25) is 0 Å². The third kappa shape index (κ3) is 1.75. The summed E-state index contributed by atoms with van der Waals surface area (Å²) in [5.41, 5.74) is 11.2. The number of fused-ring (bicyclic) bond motifs is 1. The first-order valence-electron chi connectivity index (χ1n) is 5.97. The number of hydrogen-bond donors (Lipinski definition) is 1. The maximum absolute atomic E-state index is 5.80. The molecule has 0 spiro atoms. The summed E-state index contributed by atoms with van der Waals surface area (Å²) in [6.45, 7) is 4.34. The van der Waals surface area contributed by atoms with Gasteiger partial charge in [0.05, 0.1) is 5.69 Å². The average molecular weight is 244 g/mol. The van der Waals surface area contributed by atoms with Crippen LogP contribution in [0.4, 0.5) is 5.13 Å². The van der Waals surface area contributed by atoms with E-state index in [1.165, 1.54) is 33.7 Å². The largest absolute Gasteiger partial charge is 0.375 e. The van der Waals surface area contributed by atoms with Gasteiger partial charge in [-0.25, -0.2) is 4.98 Å². The number of rotatable bonds is 1. The van der Waals surface area contributed by atoms with Crippen LogP contribution in [0.3, 0.4) is 0 Å². The highest BCUT2D eigenvalue weighted by atomic mass is 32.1. The van der Waals surface area contributed by atoms with Gasteiger partial charge in [-0.3, -0.25) is 0 Å². The van der Waals surface area contributed by atoms with E-state index in [0.717, 1.165) is 6.42 Å². The van der Waals surface area contributed by atoms with E-state index in [9.17, 15) is 0 Å². The van der Waals surface area contributed by atoms with E-state index in [1.54, 1.807) is 11.3 Å². The molecule has 17 heavy (non-hydrogen) atoms. The molecular weight excluding hydrogens is 228 g/mol. The van der Waals surface area contributed by atoms with Crippen molar-refractivity contribution in [3.05, 3.63) is 45.5 Å². The van der Waals surface area contributed by atoms with Crippen LogP contribution in [0.15, 0.2) is 18.2 Å². The minimum absolute atomic E-state index is 0.514. The Hall–Kier alpha value is -1.35. The number of anilines is 1. The Kier molecular flexibility index (Phi) is 2.44. The van der Waals surface area contributed by atoms with Crippen molar-refractivity contribution in [3.63, 3.8) is 0 Å². The minimum atomic E-state index is 0.514. The van der Waals surface area contributed by atoms with Crippen molar-refractivity contribution in [1.29, 1.82) is 0 Å². The standard InChI is InChI=1S/C14H16N2S/c1-8-3-4-10(9(2)7-8)11-5-6-12-13(11)17-14(15)16-12/h3-4,7,11H,5-6H2,1-2H3,(H2,15,16). The highest BCUT2D eigenvalue weighted by Crippen LogP contribution is 2.43. The fourth-order valence-electron chi connectivity index (χ4n) is 2.76. The van der Waals surface area contributed by atoms with Gasteiger partial charge in [-0.15, -0.1) is 11.3 Å². The summed E-state index contributed by atoms with van der Waals surface area (Å²) < 4.78 is 0. The first-order valence-corrected chi connectivity index (χ1v) is 6.79. The molecule has 1 atom stereocenters. The molecule has 1 unspecified atom stereocenters. The molecule has 1 aliphatic rings. The normalized spacial score (nSPS) is 18.4. The molecule has 1 aliphatic carbocycles. The van der Waals surface area contributed by atoms with Crippen molar-refractivity contribution < 1.29 is 0 Å². The molecule has 2 N–H and O–H groups in total. The zero-order chi connectivity index (χ0) is 12.0. The maximum Gasteiger partial charge on any atom is 0.180 e. The lowest BCUT2D eigenvalue weighted by molar-refractivity contribution is 0.785. The second-order valence-corrected chi connectivity index (χ2v) is 5.88. The number of thiazole rings is 1. The number of nitrogens with zero attached hydrogens (tertiary/aromatic N) is 1. The molecule has 88 valence electrons. The molecule has 2 nitrogen and oxygen atoms in total. The Morgan fingerprint density at radius 2 is 2.18 bits per heavy atom. The van der Waals surface area contributed by atoms with Gasteiger partial charge in [-0.1, -0.05) is 23.8 Å². The number of nitrogen functional groups attached to an aromatic ring is 1. The lowest BCUT2D eigenvalue weighted by Crippen LogP contribution is -1.98. The molecule has 3 heteroatoms. The van der Waals surface area contributed by atoms with Crippen LogP contribution in [0.5, 0.6) is 0 Å². The Morgan fingerprint density at radius 3 is 2.94 bits per heavy atom. The molecule has 0 saturated carbocycles. The predicted octanol–water partition coefficient (Wildman–Crippen LogP) is 3.42. The molecule has 2 aromatic rings. The van der Waals surface area contributed by atoms with Crippen molar-refractivity contribution in [2.45, 2.75) is 32.6 Å². The molecule has 1 heterocycles. The number of hydrogen-bond acceptors (Lipinski definition) is 3. The lowest BCUT2D eigenvalue weighted by atomic mass is 9.93. The summed E-state index contributed by atoms with van der Waals surface area (Å²) in [7, 11) is 0. The van der Waals surface area contributed by atoms with Gasteiger partial charge in [0.1, 0.15) is 0 Å². The van der Waals surface area contributed by atoms with Crippen molar-refractivity contribution in [3.8, 4) is 0 Å². The molecule has 0 amide bonds. The summed E-state index contributed by atoms with van der Waals surface area (Å²) in [4.78, 5) is 5.79. The molecular formula is C14H16N2S. The Morgan fingerprint density at radius 1 is 1.35 bits per heavy atom. The van der Waals surface area contributed by atoms with Crippen LogP contribution in [0.25, 0.3) is 0 Å². The Bertz CT molecular complexity index is 572. The molecule has 0 fully saturated rings. The van der Waals surface area contributed by atoms with E-state index < -0.39 is 0 Å². The monoisotopic (exact) mass is 244 g/mol. The predicted molar refractivity (Wildman–Crippen MR) is 72.6 cm³/mol. The fourth-order valence-corrected chi connectivity index (χ4v) is 3.79. The van der Waals surface area contributed by atoms with Gasteiger partial charge in [-0.2, -0.15) is 0 Å². The quantitative estimate of drug-likeness (QED) is 0.834. The summed E-state index contributed by atoms with van der Waals surface area (Å²) in [5, 5.41) is 0.712. The van der Waals surface area contributed by atoms with E-state index in [-0.39, 0.29) is 0 Å². The second kappa shape index (κ2) is 3.84. The van der Waals surface area contributed by atoms with Crippen molar-refractivity contribution in [2.24, 2.45) is 0 Å². The minimum Gasteiger partial charge on any atom is -0.375 e. The average Bonchev–Trinajstić information content (AvgIpc) is 2.78. The summed E-state index contributed by atoms with van der Waals surface area (Å²) in [5.74, 6) is 0.514. The van der Waals surface area contributed by atoms with Crippen molar-refractivity contribution >= 4 is 16.5 Å². The van der Waals surface area contributed by atoms with Gasteiger partial charge in [0, 0.05) is 10.8 Å². The van der Waals surface area contributed by atoms with E-state index in [2.05, 4.69) is 37.0 Å².